The molecule has 1 amide bonds. The van der Waals surface area contributed by atoms with E-state index in [0.717, 1.165) is 23.2 Å². The van der Waals surface area contributed by atoms with Gasteiger partial charge in [0, 0.05) is 17.8 Å². The molecule has 160 valence electrons. The number of carbonyl (C=O) groups excluding carboxylic acids is 1. The fraction of sp³-hybridized carbons (Fsp3) is 0.471. The zero-order valence-electron chi connectivity index (χ0n) is 16.0. The first kappa shape index (κ1) is 23.5. The van der Waals surface area contributed by atoms with Gasteiger partial charge >= 0.3 is 0 Å². The Hall–Kier alpha value is -1.73. The zero-order chi connectivity index (χ0) is 21.4. The maximum Gasteiger partial charge on any atom is 0.271 e. The molecule has 0 saturated carbocycles. The molecule has 0 aliphatic rings. The number of sulfonamides is 1. The summed E-state index contributed by atoms with van der Waals surface area (Å²) in [4.78, 5) is 20.5. The molecule has 2 aromatic heterocycles. The predicted molar refractivity (Wildman–Crippen MR) is 115 cm³/mol. The van der Waals surface area contributed by atoms with Gasteiger partial charge in [-0.1, -0.05) is 0 Å². The molecule has 0 aromatic carbocycles. The molecule has 0 spiro atoms. The number of nitrogens with zero attached hydrogens (tertiary/aromatic N) is 2. The lowest BCUT2D eigenvalue weighted by atomic mass is 9.97. The van der Waals surface area contributed by atoms with Gasteiger partial charge < -0.3 is 15.5 Å². The summed E-state index contributed by atoms with van der Waals surface area (Å²) in [5.74, 6) is 0.0961. The van der Waals surface area contributed by atoms with Crippen LogP contribution in [0.4, 0.5) is 5.13 Å². The van der Waals surface area contributed by atoms with Gasteiger partial charge in [0.2, 0.25) is 10.0 Å². The Balaban J connectivity index is 2.14. The molecule has 29 heavy (non-hydrogen) atoms. The topological polar surface area (TPSA) is 142 Å². The molecule has 2 heterocycles. The van der Waals surface area contributed by atoms with Crippen molar-refractivity contribution in [2.45, 2.75) is 31.1 Å². The Kier molecular flexibility index (Phi) is 8.83. The summed E-state index contributed by atoms with van der Waals surface area (Å²) in [7, 11) is -3.50. The standard InChI is InChI=1S/C17H24N4O5S3/c1-27-8-5-14(22)15(23)12(9-11-3-6-18-7-4-11)19-16(24)13-10-28-17(20-13)21-29(2,25)26/h3-4,6-7,10,12,14-15,22-23H,5,8-9H2,1-2H3,(H,19,24)(H,20,21). The van der Waals surface area contributed by atoms with Crippen LogP contribution in [0.3, 0.4) is 0 Å². The van der Waals surface area contributed by atoms with E-state index in [0.29, 0.717) is 12.2 Å². The molecule has 2 aromatic rings. The molecule has 0 aliphatic carbocycles. The minimum atomic E-state index is -3.50. The van der Waals surface area contributed by atoms with E-state index >= 15 is 0 Å². The second-order valence-electron chi connectivity index (χ2n) is 6.39. The Labute approximate surface area is 178 Å². The number of aliphatic hydroxyl groups is 2. The molecular weight excluding hydrogens is 436 g/mol. The number of nitrogens with one attached hydrogen (secondary N) is 2. The third kappa shape index (κ3) is 7.90. The van der Waals surface area contributed by atoms with Gasteiger partial charge in [0.25, 0.3) is 5.91 Å². The highest BCUT2D eigenvalue weighted by Crippen LogP contribution is 2.18. The Morgan fingerprint density at radius 3 is 2.62 bits per heavy atom. The zero-order valence-corrected chi connectivity index (χ0v) is 18.4. The number of thioether (sulfide) groups is 1. The van der Waals surface area contributed by atoms with Crippen molar-refractivity contribution in [3.63, 3.8) is 0 Å². The first-order chi connectivity index (χ1) is 13.7. The summed E-state index contributed by atoms with van der Waals surface area (Å²) in [6.45, 7) is 0. The number of anilines is 1. The van der Waals surface area contributed by atoms with E-state index in [4.69, 9.17) is 0 Å². The lowest BCUT2D eigenvalue weighted by molar-refractivity contribution is -0.00409. The fourth-order valence-corrected chi connectivity index (χ4v) is 4.55. The third-order valence-corrected chi connectivity index (χ3v) is 6.05. The summed E-state index contributed by atoms with van der Waals surface area (Å²) in [6, 6.07) is 2.75. The first-order valence-corrected chi connectivity index (χ1v) is 12.8. The van der Waals surface area contributed by atoms with E-state index in [9.17, 15) is 23.4 Å². The normalized spacial score (nSPS) is 14.8. The van der Waals surface area contributed by atoms with Crippen molar-refractivity contribution in [1.29, 1.82) is 0 Å². The van der Waals surface area contributed by atoms with Gasteiger partial charge in [-0.05, 0) is 42.5 Å². The van der Waals surface area contributed by atoms with Gasteiger partial charge in [-0.3, -0.25) is 14.5 Å². The largest absolute Gasteiger partial charge is 0.390 e. The summed E-state index contributed by atoms with van der Waals surface area (Å²) in [5.41, 5.74) is 0.853. The van der Waals surface area contributed by atoms with Gasteiger partial charge in [0.15, 0.2) is 5.13 Å². The Bertz CT molecular complexity index is 891. The lowest BCUT2D eigenvalue weighted by Gasteiger charge is -2.27. The molecule has 9 nitrogen and oxygen atoms in total. The summed E-state index contributed by atoms with van der Waals surface area (Å²) in [5, 5.41) is 25.1. The molecule has 4 N–H and O–H groups in total. The molecule has 0 radical (unpaired) electrons. The number of rotatable bonds is 11. The summed E-state index contributed by atoms with van der Waals surface area (Å²) < 4.78 is 24.8. The molecule has 3 atom stereocenters. The van der Waals surface area contributed by atoms with Gasteiger partial charge in [-0.25, -0.2) is 13.4 Å². The van der Waals surface area contributed by atoms with Crippen molar-refractivity contribution in [2.75, 3.05) is 23.0 Å². The lowest BCUT2D eigenvalue weighted by Crippen LogP contribution is -2.50. The first-order valence-electron chi connectivity index (χ1n) is 8.67. The number of aliphatic hydroxyl groups excluding tert-OH is 2. The van der Waals surface area contributed by atoms with E-state index in [1.54, 1.807) is 36.3 Å². The number of pyridine rings is 1. The SMILES string of the molecule is CSCCC(O)C(O)C(Cc1ccncc1)NC(=O)c1csc(NS(C)(=O)=O)n1. The van der Waals surface area contributed by atoms with Crippen LogP contribution in [0.2, 0.25) is 0 Å². The van der Waals surface area contributed by atoms with Crippen molar-refractivity contribution in [3.05, 3.63) is 41.2 Å². The highest BCUT2D eigenvalue weighted by atomic mass is 32.2. The van der Waals surface area contributed by atoms with Crippen LogP contribution in [0.15, 0.2) is 29.9 Å². The van der Waals surface area contributed by atoms with Crippen molar-refractivity contribution >= 4 is 44.2 Å². The van der Waals surface area contributed by atoms with E-state index in [2.05, 4.69) is 20.0 Å². The van der Waals surface area contributed by atoms with E-state index in [1.807, 2.05) is 6.26 Å². The van der Waals surface area contributed by atoms with Crippen LogP contribution in [-0.2, 0) is 16.4 Å². The maximum atomic E-state index is 12.6. The average molecular weight is 461 g/mol. The molecule has 3 unspecified atom stereocenters. The third-order valence-electron chi connectivity index (χ3n) is 3.96. The maximum absolute atomic E-state index is 12.6. The quantitative estimate of drug-likeness (QED) is 0.384. The average Bonchev–Trinajstić information content (AvgIpc) is 3.12. The smallest absolute Gasteiger partial charge is 0.271 e. The number of amides is 1. The minimum absolute atomic E-state index is 0.0201. The van der Waals surface area contributed by atoms with Crippen molar-refractivity contribution in [1.82, 2.24) is 15.3 Å². The number of hydrogen-bond acceptors (Lipinski definition) is 9. The molecule has 0 bridgehead atoms. The van der Waals surface area contributed by atoms with E-state index in [-0.39, 0.29) is 17.2 Å². The van der Waals surface area contributed by atoms with Crippen molar-refractivity contribution in [3.8, 4) is 0 Å². The molecule has 0 aliphatic heterocycles. The van der Waals surface area contributed by atoms with Crippen molar-refractivity contribution in [2.24, 2.45) is 0 Å². The molecular formula is C17H24N4O5S3. The number of aromatic nitrogens is 2. The van der Waals surface area contributed by atoms with Gasteiger partial charge in [-0.2, -0.15) is 11.8 Å². The number of hydrogen-bond donors (Lipinski definition) is 4. The van der Waals surface area contributed by atoms with Crippen LogP contribution >= 0.6 is 23.1 Å². The molecule has 0 fully saturated rings. The van der Waals surface area contributed by atoms with E-state index < -0.39 is 34.2 Å². The second-order valence-corrected chi connectivity index (χ2v) is 9.98. The predicted octanol–water partition coefficient (Wildman–Crippen LogP) is 0.726. The molecule has 0 saturated heterocycles. The number of carbonyl (C=O) groups is 1. The molecule has 12 heteroatoms. The van der Waals surface area contributed by atoms with Gasteiger partial charge in [0.05, 0.1) is 18.4 Å². The Morgan fingerprint density at radius 2 is 2.00 bits per heavy atom. The van der Waals surface area contributed by atoms with Crippen molar-refractivity contribution < 1.29 is 23.4 Å². The van der Waals surface area contributed by atoms with Crippen LogP contribution in [0, 0.1) is 0 Å². The molecule has 2 rings (SSSR count). The van der Waals surface area contributed by atoms with Crippen LogP contribution < -0.4 is 10.0 Å². The highest BCUT2D eigenvalue weighted by molar-refractivity contribution is 7.98. The second kappa shape index (κ2) is 10.9. The van der Waals surface area contributed by atoms with Crippen LogP contribution in [0.1, 0.15) is 22.5 Å². The fourth-order valence-electron chi connectivity index (χ4n) is 2.53. The van der Waals surface area contributed by atoms with Gasteiger partial charge in [0.1, 0.15) is 11.8 Å². The van der Waals surface area contributed by atoms with Gasteiger partial charge in [-0.15, -0.1) is 11.3 Å². The van der Waals surface area contributed by atoms with Crippen LogP contribution in [0.25, 0.3) is 0 Å². The Morgan fingerprint density at radius 1 is 1.31 bits per heavy atom. The summed E-state index contributed by atoms with van der Waals surface area (Å²) >= 11 is 2.53. The van der Waals surface area contributed by atoms with Crippen LogP contribution in [-0.4, -0.2) is 71.0 Å². The number of thiazole rings is 1. The summed E-state index contributed by atoms with van der Waals surface area (Å²) in [6.07, 6.45) is 4.57. The minimum Gasteiger partial charge on any atom is -0.390 e. The monoisotopic (exact) mass is 460 g/mol. The van der Waals surface area contributed by atoms with Crippen LogP contribution in [0.5, 0.6) is 0 Å². The highest BCUT2D eigenvalue weighted by Gasteiger charge is 2.29. The van der Waals surface area contributed by atoms with E-state index in [1.165, 1.54) is 5.38 Å².